The number of hydrogen-bond acceptors (Lipinski definition) is 4. The van der Waals surface area contributed by atoms with Gasteiger partial charge in [-0.05, 0) is 25.7 Å². The zero-order valence-electron chi connectivity index (χ0n) is 11.5. The first-order valence-electron chi connectivity index (χ1n) is 6.32. The summed E-state index contributed by atoms with van der Waals surface area (Å²) < 4.78 is 22.9. The van der Waals surface area contributed by atoms with Crippen molar-refractivity contribution in [3.8, 4) is 0 Å². The van der Waals surface area contributed by atoms with Crippen LogP contribution in [0.2, 0.25) is 0 Å². The summed E-state index contributed by atoms with van der Waals surface area (Å²) in [5.74, 6) is 0.825. The van der Waals surface area contributed by atoms with Crippen LogP contribution in [0.25, 0.3) is 0 Å². The summed E-state index contributed by atoms with van der Waals surface area (Å²) in [6, 6.07) is 0. The van der Waals surface area contributed by atoms with Gasteiger partial charge in [-0.3, -0.25) is 0 Å². The Balaban J connectivity index is 3.85. The van der Waals surface area contributed by atoms with Gasteiger partial charge in [0.05, 0.1) is 11.4 Å². The molecule has 0 amide bonds. The van der Waals surface area contributed by atoms with Crippen molar-refractivity contribution in [2.75, 3.05) is 24.6 Å². The highest BCUT2D eigenvalue weighted by Gasteiger charge is 2.21. The smallest absolute Gasteiger partial charge is 0.151 e. The molecule has 0 saturated heterocycles. The third-order valence-corrected chi connectivity index (χ3v) is 4.32. The van der Waals surface area contributed by atoms with Crippen LogP contribution in [0.15, 0.2) is 0 Å². The highest BCUT2D eigenvalue weighted by molar-refractivity contribution is 7.91. The molecule has 0 fully saturated rings. The van der Waals surface area contributed by atoms with E-state index in [1.165, 1.54) is 0 Å². The topological polar surface area (TPSA) is 66.4 Å². The molecule has 0 spiro atoms. The fourth-order valence-electron chi connectivity index (χ4n) is 1.95. The standard InChI is InChI=1S/C12H27NO3S/c1-5-7-17(15,16)8-6-13-10-12(4,14)9-11(2)3/h11,13-14H,5-10H2,1-4H3. The van der Waals surface area contributed by atoms with Crippen molar-refractivity contribution < 1.29 is 13.5 Å². The van der Waals surface area contributed by atoms with E-state index in [9.17, 15) is 13.5 Å². The van der Waals surface area contributed by atoms with Crippen LogP contribution in [0.4, 0.5) is 0 Å². The minimum Gasteiger partial charge on any atom is -0.389 e. The van der Waals surface area contributed by atoms with Crippen LogP contribution in [0.5, 0.6) is 0 Å². The monoisotopic (exact) mass is 265 g/mol. The molecule has 0 saturated carbocycles. The molecular weight excluding hydrogens is 238 g/mol. The van der Waals surface area contributed by atoms with Crippen molar-refractivity contribution in [3.63, 3.8) is 0 Å². The number of nitrogens with one attached hydrogen (secondary N) is 1. The molecule has 17 heavy (non-hydrogen) atoms. The largest absolute Gasteiger partial charge is 0.389 e. The molecule has 1 atom stereocenters. The van der Waals surface area contributed by atoms with E-state index in [0.29, 0.717) is 31.8 Å². The third kappa shape index (κ3) is 9.56. The van der Waals surface area contributed by atoms with Crippen molar-refractivity contribution in [2.24, 2.45) is 5.92 Å². The van der Waals surface area contributed by atoms with Crippen LogP contribution >= 0.6 is 0 Å². The summed E-state index contributed by atoms with van der Waals surface area (Å²) in [6.45, 7) is 8.60. The molecule has 0 bridgehead atoms. The first-order valence-corrected chi connectivity index (χ1v) is 8.14. The summed E-state index contributed by atoms with van der Waals surface area (Å²) in [6.07, 6.45) is 1.37. The van der Waals surface area contributed by atoms with Crippen molar-refractivity contribution in [2.45, 2.75) is 46.1 Å². The minimum absolute atomic E-state index is 0.151. The molecule has 0 aliphatic heterocycles. The molecule has 1 unspecified atom stereocenters. The van der Waals surface area contributed by atoms with Gasteiger partial charge in [-0.1, -0.05) is 20.8 Å². The van der Waals surface area contributed by atoms with Gasteiger partial charge in [-0.2, -0.15) is 0 Å². The lowest BCUT2D eigenvalue weighted by Crippen LogP contribution is -2.40. The van der Waals surface area contributed by atoms with Crippen LogP contribution in [0.1, 0.15) is 40.5 Å². The normalized spacial score (nSPS) is 16.1. The SMILES string of the molecule is CCCS(=O)(=O)CCNCC(C)(O)CC(C)C. The maximum Gasteiger partial charge on any atom is 0.151 e. The molecule has 0 rings (SSSR count). The molecule has 104 valence electrons. The Bertz CT molecular complexity index is 297. The van der Waals surface area contributed by atoms with Crippen molar-refractivity contribution >= 4 is 9.84 Å². The van der Waals surface area contributed by atoms with E-state index in [1.54, 1.807) is 6.92 Å². The number of sulfone groups is 1. The lowest BCUT2D eigenvalue weighted by Gasteiger charge is -2.25. The number of rotatable bonds is 9. The van der Waals surface area contributed by atoms with Gasteiger partial charge >= 0.3 is 0 Å². The predicted octanol–water partition coefficient (Wildman–Crippen LogP) is 1.20. The van der Waals surface area contributed by atoms with Crippen LogP contribution in [0, 0.1) is 5.92 Å². The lowest BCUT2D eigenvalue weighted by molar-refractivity contribution is 0.0392. The summed E-state index contributed by atoms with van der Waals surface area (Å²) in [5, 5.41) is 13.0. The maximum atomic E-state index is 11.4. The Labute approximate surface area is 106 Å². The molecular formula is C12H27NO3S. The van der Waals surface area contributed by atoms with E-state index in [1.807, 2.05) is 6.92 Å². The second kappa shape index (κ2) is 7.34. The van der Waals surface area contributed by atoms with Gasteiger partial charge in [-0.25, -0.2) is 8.42 Å². The second-order valence-electron chi connectivity index (χ2n) is 5.42. The predicted molar refractivity (Wildman–Crippen MR) is 71.9 cm³/mol. The fraction of sp³-hybridized carbons (Fsp3) is 1.00. The molecule has 0 aromatic rings. The zero-order valence-corrected chi connectivity index (χ0v) is 12.3. The quantitative estimate of drug-likeness (QED) is 0.615. The van der Waals surface area contributed by atoms with Gasteiger partial charge in [0.1, 0.15) is 0 Å². The first kappa shape index (κ1) is 16.9. The van der Waals surface area contributed by atoms with Crippen molar-refractivity contribution in [1.29, 1.82) is 0 Å². The zero-order chi connectivity index (χ0) is 13.5. The second-order valence-corrected chi connectivity index (χ2v) is 7.73. The van der Waals surface area contributed by atoms with Gasteiger partial charge in [0, 0.05) is 18.8 Å². The van der Waals surface area contributed by atoms with Gasteiger partial charge in [-0.15, -0.1) is 0 Å². The molecule has 0 heterocycles. The Morgan fingerprint density at radius 2 is 1.88 bits per heavy atom. The average Bonchev–Trinajstić information content (AvgIpc) is 2.10. The van der Waals surface area contributed by atoms with E-state index in [2.05, 4.69) is 19.2 Å². The van der Waals surface area contributed by atoms with E-state index in [4.69, 9.17) is 0 Å². The van der Waals surface area contributed by atoms with Crippen LogP contribution < -0.4 is 5.32 Å². The van der Waals surface area contributed by atoms with Crippen molar-refractivity contribution in [3.05, 3.63) is 0 Å². The molecule has 5 heteroatoms. The van der Waals surface area contributed by atoms with E-state index >= 15 is 0 Å². The Morgan fingerprint density at radius 1 is 1.29 bits per heavy atom. The van der Waals surface area contributed by atoms with Gasteiger partial charge in [0.25, 0.3) is 0 Å². The van der Waals surface area contributed by atoms with E-state index in [0.717, 1.165) is 0 Å². The van der Waals surface area contributed by atoms with Crippen molar-refractivity contribution in [1.82, 2.24) is 5.32 Å². The summed E-state index contributed by atoms with van der Waals surface area (Å²) in [4.78, 5) is 0. The van der Waals surface area contributed by atoms with Crippen LogP contribution in [0.3, 0.4) is 0 Å². The molecule has 0 aliphatic rings. The maximum absolute atomic E-state index is 11.4. The molecule has 0 radical (unpaired) electrons. The highest BCUT2D eigenvalue weighted by atomic mass is 32.2. The molecule has 4 nitrogen and oxygen atoms in total. The number of hydrogen-bond donors (Lipinski definition) is 2. The Hall–Kier alpha value is -0.130. The highest BCUT2D eigenvalue weighted by Crippen LogP contribution is 2.14. The molecule has 0 aromatic carbocycles. The molecule has 0 aromatic heterocycles. The summed E-state index contributed by atoms with van der Waals surface area (Å²) >= 11 is 0. The molecule has 2 N–H and O–H groups in total. The molecule has 0 aliphatic carbocycles. The van der Waals surface area contributed by atoms with Gasteiger partial charge in [0.2, 0.25) is 0 Å². The van der Waals surface area contributed by atoms with Gasteiger partial charge < -0.3 is 10.4 Å². The van der Waals surface area contributed by atoms with Crippen LogP contribution in [-0.2, 0) is 9.84 Å². The Kier molecular flexibility index (Phi) is 7.28. The summed E-state index contributed by atoms with van der Waals surface area (Å²) in [7, 11) is -2.92. The first-order chi connectivity index (χ1) is 7.68. The van der Waals surface area contributed by atoms with E-state index < -0.39 is 15.4 Å². The number of aliphatic hydroxyl groups is 1. The van der Waals surface area contributed by atoms with E-state index in [-0.39, 0.29) is 11.5 Å². The minimum atomic E-state index is -2.92. The van der Waals surface area contributed by atoms with Crippen LogP contribution in [-0.4, -0.2) is 43.7 Å². The summed E-state index contributed by atoms with van der Waals surface area (Å²) in [5.41, 5.74) is -0.761. The average molecular weight is 265 g/mol. The van der Waals surface area contributed by atoms with Gasteiger partial charge in [0.15, 0.2) is 9.84 Å². The Morgan fingerprint density at radius 3 is 2.35 bits per heavy atom. The third-order valence-electron chi connectivity index (χ3n) is 2.46. The lowest BCUT2D eigenvalue weighted by atomic mass is 9.94. The fourth-order valence-corrected chi connectivity index (χ4v) is 3.23.